The highest BCUT2D eigenvalue weighted by molar-refractivity contribution is 5.85. The number of nitrogens with two attached hydrogens (primary N) is 1. The first-order valence-electron chi connectivity index (χ1n) is 6.80. The maximum Gasteiger partial charge on any atom is 0.0234 e. The van der Waals surface area contributed by atoms with Crippen LogP contribution in [0.3, 0.4) is 0 Å². The fourth-order valence-electron chi connectivity index (χ4n) is 2.52. The quantitative estimate of drug-likeness (QED) is 0.917. The number of piperazine rings is 1. The Labute approximate surface area is 123 Å². The highest BCUT2D eigenvalue weighted by atomic mass is 35.5. The van der Waals surface area contributed by atoms with Crippen molar-refractivity contribution < 1.29 is 0 Å². The predicted molar refractivity (Wildman–Crippen MR) is 83.7 cm³/mol. The third-order valence-corrected chi connectivity index (χ3v) is 3.35. The molecule has 1 fully saturated rings. The number of hydrogen-bond donors (Lipinski definition) is 1. The molecular formula is C15H26ClN3. The third kappa shape index (κ3) is 5.91. The molecule has 1 aromatic carbocycles. The van der Waals surface area contributed by atoms with E-state index in [1.165, 1.54) is 5.56 Å². The average molecular weight is 284 g/mol. The molecule has 1 heterocycles. The van der Waals surface area contributed by atoms with E-state index in [9.17, 15) is 0 Å². The molecule has 1 aliphatic rings. The lowest BCUT2D eigenvalue weighted by Gasteiger charge is -2.37. The predicted octanol–water partition coefficient (Wildman–Crippen LogP) is 1.96. The lowest BCUT2D eigenvalue weighted by Crippen LogP contribution is -2.52. The Morgan fingerprint density at radius 2 is 1.53 bits per heavy atom. The number of halogens is 1. The van der Waals surface area contributed by atoms with E-state index in [-0.39, 0.29) is 17.9 Å². The van der Waals surface area contributed by atoms with E-state index < -0.39 is 0 Å². The van der Waals surface area contributed by atoms with Crippen molar-refractivity contribution in [3.63, 3.8) is 0 Å². The lowest BCUT2D eigenvalue weighted by atomic mass is 10.1. The monoisotopic (exact) mass is 283 g/mol. The van der Waals surface area contributed by atoms with Crippen LogP contribution in [0.4, 0.5) is 0 Å². The highest BCUT2D eigenvalue weighted by Crippen LogP contribution is 2.10. The van der Waals surface area contributed by atoms with Gasteiger partial charge < -0.3 is 5.73 Å². The van der Waals surface area contributed by atoms with Crippen LogP contribution in [0.15, 0.2) is 30.3 Å². The number of hydrogen-bond acceptors (Lipinski definition) is 3. The molecule has 1 aromatic rings. The molecule has 4 heteroatoms. The minimum absolute atomic E-state index is 0. The van der Waals surface area contributed by atoms with Crippen molar-refractivity contribution in [2.45, 2.75) is 25.9 Å². The Morgan fingerprint density at radius 3 is 2.05 bits per heavy atom. The largest absolute Gasteiger partial charge is 0.324 e. The van der Waals surface area contributed by atoms with Gasteiger partial charge in [0.15, 0.2) is 0 Å². The van der Waals surface area contributed by atoms with Gasteiger partial charge in [-0.2, -0.15) is 0 Å². The maximum atomic E-state index is 6.07. The van der Waals surface area contributed by atoms with E-state index in [0.29, 0.717) is 0 Å². The summed E-state index contributed by atoms with van der Waals surface area (Å²) in [6, 6.07) is 10.7. The standard InChI is InChI=1S/C15H25N3.ClH/c1-15(2,16)13-18-10-8-17(9-11-18)12-14-6-4-3-5-7-14;/h3-7H,8-13,16H2,1-2H3;1H. The van der Waals surface area contributed by atoms with Crippen molar-refractivity contribution in [2.24, 2.45) is 5.73 Å². The second-order valence-corrected chi connectivity index (χ2v) is 6.03. The summed E-state index contributed by atoms with van der Waals surface area (Å²) >= 11 is 0. The van der Waals surface area contributed by atoms with Crippen LogP contribution in [0, 0.1) is 0 Å². The van der Waals surface area contributed by atoms with E-state index in [1.807, 2.05) is 0 Å². The molecule has 0 radical (unpaired) electrons. The molecular weight excluding hydrogens is 258 g/mol. The molecule has 0 amide bonds. The van der Waals surface area contributed by atoms with Gasteiger partial charge in [0.25, 0.3) is 0 Å². The van der Waals surface area contributed by atoms with Gasteiger partial charge in [-0.3, -0.25) is 9.80 Å². The minimum Gasteiger partial charge on any atom is -0.324 e. The smallest absolute Gasteiger partial charge is 0.0234 e. The number of nitrogens with zero attached hydrogens (tertiary/aromatic N) is 2. The normalized spacial score (nSPS) is 18.1. The number of benzene rings is 1. The summed E-state index contributed by atoms with van der Waals surface area (Å²) < 4.78 is 0. The van der Waals surface area contributed by atoms with Crippen LogP contribution in [0.1, 0.15) is 19.4 Å². The lowest BCUT2D eigenvalue weighted by molar-refractivity contribution is 0.112. The van der Waals surface area contributed by atoms with Gasteiger partial charge in [0.2, 0.25) is 0 Å². The second kappa shape index (κ2) is 7.25. The molecule has 3 nitrogen and oxygen atoms in total. The molecule has 0 unspecified atom stereocenters. The Balaban J connectivity index is 0.00000180. The van der Waals surface area contributed by atoms with Crippen molar-refractivity contribution in [3.8, 4) is 0 Å². The van der Waals surface area contributed by atoms with Crippen molar-refractivity contribution >= 4 is 12.4 Å². The summed E-state index contributed by atoms with van der Waals surface area (Å²) in [6.07, 6.45) is 0. The van der Waals surface area contributed by atoms with Gasteiger partial charge in [-0.05, 0) is 19.4 Å². The molecule has 0 spiro atoms. The first kappa shape index (κ1) is 16.4. The van der Waals surface area contributed by atoms with Crippen LogP contribution in [0.5, 0.6) is 0 Å². The van der Waals surface area contributed by atoms with Crippen LogP contribution in [-0.4, -0.2) is 48.1 Å². The molecule has 2 rings (SSSR count). The fourth-order valence-corrected chi connectivity index (χ4v) is 2.52. The Kier molecular flexibility index (Phi) is 6.27. The number of rotatable bonds is 4. The zero-order valence-electron chi connectivity index (χ0n) is 12.0. The van der Waals surface area contributed by atoms with E-state index in [4.69, 9.17) is 5.73 Å². The summed E-state index contributed by atoms with van der Waals surface area (Å²) in [6.45, 7) is 10.8. The van der Waals surface area contributed by atoms with Gasteiger partial charge in [0.05, 0.1) is 0 Å². The summed E-state index contributed by atoms with van der Waals surface area (Å²) in [5.74, 6) is 0. The average Bonchev–Trinajstić information content (AvgIpc) is 2.31. The third-order valence-electron chi connectivity index (χ3n) is 3.35. The van der Waals surface area contributed by atoms with Gasteiger partial charge in [-0.15, -0.1) is 12.4 Å². The first-order valence-corrected chi connectivity index (χ1v) is 6.80. The van der Waals surface area contributed by atoms with Crippen molar-refractivity contribution in [3.05, 3.63) is 35.9 Å². The molecule has 1 aliphatic heterocycles. The van der Waals surface area contributed by atoms with Gasteiger partial charge in [0, 0.05) is 44.8 Å². The summed E-state index contributed by atoms with van der Waals surface area (Å²) in [4.78, 5) is 5.00. The van der Waals surface area contributed by atoms with E-state index in [1.54, 1.807) is 0 Å². The molecule has 19 heavy (non-hydrogen) atoms. The zero-order chi connectivity index (χ0) is 13.0. The second-order valence-electron chi connectivity index (χ2n) is 6.03. The molecule has 1 saturated heterocycles. The molecule has 0 aliphatic carbocycles. The van der Waals surface area contributed by atoms with Crippen molar-refractivity contribution in [2.75, 3.05) is 32.7 Å². The first-order chi connectivity index (χ1) is 8.53. The summed E-state index contributed by atoms with van der Waals surface area (Å²) in [7, 11) is 0. The topological polar surface area (TPSA) is 32.5 Å². The Bertz CT molecular complexity index is 353. The van der Waals surface area contributed by atoms with E-state index in [0.717, 1.165) is 39.3 Å². The fraction of sp³-hybridized carbons (Fsp3) is 0.600. The summed E-state index contributed by atoms with van der Waals surface area (Å²) in [5, 5.41) is 0. The van der Waals surface area contributed by atoms with Gasteiger partial charge in [0.1, 0.15) is 0 Å². The van der Waals surface area contributed by atoms with Crippen molar-refractivity contribution in [1.29, 1.82) is 0 Å². The van der Waals surface area contributed by atoms with E-state index in [2.05, 4.69) is 54.0 Å². The van der Waals surface area contributed by atoms with Crippen LogP contribution >= 0.6 is 12.4 Å². The van der Waals surface area contributed by atoms with Crippen LogP contribution in [0.25, 0.3) is 0 Å². The molecule has 108 valence electrons. The SMILES string of the molecule is CC(C)(N)CN1CCN(Cc2ccccc2)CC1.Cl. The van der Waals surface area contributed by atoms with Gasteiger partial charge in [-0.25, -0.2) is 0 Å². The van der Waals surface area contributed by atoms with E-state index >= 15 is 0 Å². The molecule has 0 bridgehead atoms. The Morgan fingerprint density at radius 1 is 1.00 bits per heavy atom. The highest BCUT2D eigenvalue weighted by Gasteiger charge is 2.21. The maximum absolute atomic E-state index is 6.07. The zero-order valence-corrected chi connectivity index (χ0v) is 12.8. The van der Waals surface area contributed by atoms with Crippen LogP contribution in [0.2, 0.25) is 0 Å². The van der Waals surface area contributed by atoms with Gasteiger partial charge in [-0.1, -0.05) is 30.3 Å². The summed E-state index contributed by atoms with van der Waals surface area (Å²) in [5.41, 5.74) is 7.40. The minimum atomic E-state index is -0.0817. The molecule has 2 N–H and O–H groups in total. The van der Waals surface area contributed by atoms with Crippen LogP contribution in [-0.2, 0) is 6.54 Å². The molecule has 0 saturated carbocycles. The van der Waals surface area contributed by atoms with Crippen LogP contribution < -0.4 is 5.73 Å². The van der Waals surface area contributed by atoms with Gasteiger partial charge >= 0.3 is 0 Å². The molecule has 0 aromatic heterocycles. The van der Waals surface area contributed by atoms with Crippen molar-refractivity contribution in [1.82, 2.24) is 9.80 Å². The Hall–Kier alpha value is -0.610. The molecule has 0 atom stereocenters.